The summed E-state index contributed by atoms with van der Waals surface area (Å²) in [5, 5.41) is 3.15. The topological polar surface area (TPSA) is 37.8 Å². The lowest BCUT2D eigenvalue weighted by Gasteiger charge is -2.07. The van der Waals surface area contributed by atoms with Gasteiger partial charge in [0, 0.05) is 11.9 Å². The second kappa shape index (κ2) is 5.37. The monoisotopic (exact) mass is 191 g/mol. The lowest BCUT2D eigenvalue weighted by atomic mass is 10.3. The van der Waals surface area contributed by atoms with E-state index in [2.05, 4.69) is 35.7 Å². The summed E-state index contributed by atoms with van der Waals surface area (Å²) in [5.41, 5.74) is 1.99. The van der Waals surface area contributed by atoms with Crippen LogP contribution in [0.25, 0.3) is 0 Å². The largest absolute Gasteiger partial charge is 0.343 e. The number of rotatable bonds is 5. The maximum absolute atomic E-state index is 4.38. The molecule has 1 rings (SSSR count). The first-order valence-electron chi connectivity index (χ1n) is 5.02. The zero-order valence-corrected chi connectivity index (χ0v) is 8.88. The van der Waals surface area contributed by atoms with Crippen LogP contribution in [-0.2, 0) is 6.42 Å². The first kappa shape index (κ1) is 10.7. The van der Waals surface area contributed by atoms with E-state index in [4.69, 9.17) is 0 Å². The van der Waals surface area contributed by atoms with Crippen LogP contribution in [0.5, 0.6) is 0 Å². The third-order valence-electron chi connectivity index (χ3n) is 1.90. The van der Waals surface area contributed by atoms with E-state index in [-0.39, 0.29) is 0 Å². The minimum atomic E-state index is 0.794. The minimum Gasteiger partial charge on any atom is -0.343 e. The lowest BCUT2D eigenvalue weighted by molar-refractivity contribution is 0.906. The highest BCUT2D eigenvalue weighted by Crippen LogP contribution is 2.08. The van der Waals surface area contributed by atoms with Gasteiger partial charge in [0.2, 0.25) is 0 Å². The molecule has 0 aliphatic carbocycles. The van der Waals surface area contributed by atoms with Gasteiger partial charge in [-0.1, -0.05) is 26.8 Å². The van der Waals surface area contributed by atoms with Gasteiger partial charge in [-0.2, -0.15) is 0 Å². The molecule has 0 saturated heterocycles. The molecule has 0 aromatic carbocycles. The molecule has 0 atom stereocenters. The Labute approximate surface area is 85.3 Å². The summed E-state index contributed by atoms with van der Waals surface area (Å²) in [6, 6.07) is 0. The summed E-state index contributed by atoms with van der Waals surface area (Å²) in [6.07, 6.45) is 6.47. The van der Waals surface area contributed by atoms with Crippen LogP contribution in [-0.4, -0.2) is 9.97 Å². The van der Waals surface area contributed by atoms with Crippen LogP contribution in [0.2, 0.25) is 0 Å². The van der Waals surface area contributed by atoms with Gasteiger partial charge in [0.1, 0.15) is 5.82 Å². The predicted octanol–water partition coefficient (Wildman–Crippen LogP) is 2.76. The molecule has 1 aromatic heterocycles. The summed E-state index contributed by atoms with van der Waals surface area (Å²) in [6.45, 7) is 8.11. The number of allylic oxidation sites excluding steroid dienone is 1. The molecule has 14 heavy (non-hydrogen) atoms. The molecule has 1 N–H and O–H groups in total. The van der Waals surface area contributed by atoms with Crippen molar-refractivity contribution in [3.05, 3.63) is 30.4 Å². The summed E-state index contributed by atoms with van der Waals surface area (Å²) >= 11 is 0. The second-order valence-corrected chi connectivity index (χ2v) is 3.23. The third-order valence-corrected chi connectivity index (χ3v) is 1.90. The summed E-state index contributed by atoms with van der Waals surface area (Å²) in [5.74, 6) is 0.794. The van der Waals surface area contributed by atoms with Crippen LogP contribution in [0.1, 0.15) is 32.4 Å². The Morgan fingerprint density at radius 1 is 1.43 bits per heavy atom. The van der Waals surface area contributed by atoms with Gasteiger partial charge in [0.25, 0.3) is 0 Å². The van der Waals surface area contributed by atoms with E-state index in [0.29, 0.717) is 0 Å². The van der Waals surface area contributed by atoms with Crippen molar-refractivity contribution in [1.82, 2.24) is 9.97 Å². The fraction of sp³-hybridized carbons (Fsp3) is 0.455. The molecule has 1 heterocycles. The Kier molecular flexibility index (Phi) is 4.11. The van der Waals surface area contributed by atoms with Crippen molar-refractivity contribution in [2.45, 2.75) is 33.1 Å². The Morgan fingerprint density at radius 3 is 2.86 bits per heavy atom. The van der Waals surface area contributed by atoms with Gasteiger partial charge in [-0.3, -0.25) is 4.98 Å². The van der Waals surface area contributed by atoms with Crippen LogP contribution < -0.4 is 5.32 Å². The second-order valence-electron chi connectivity index (χ2n) is 3.23. The van der Waals surface area contributed by atoms with E-state index in [0.717, 1.165) is 36.5 Å². The van der Waals surface area contributed by atoms with Crippen molar-refractivity contribution >= 4 is 5.82 Å². The van der Waals surface area contributed by atoms with E-state index >= 15 is 0 Å². The number of aryl methyl sites for hydroxylation is 1. The zero-order chi connectivity index (χ0) is 10.4. The van der Waals surface area contributed by atoms with Gasteiger partial charge in [-0.25, -0.2) is 4.98 Å². The highest BCUT2D eigenvalue weighted by Gasteiger charge is 1.98. The lowest BCUT2D eigenvalue weighted by Crippen LogP contribution is -2.02. The predicted molar refractivity (Wildman–Crippen MR) is 59.1 cm³/mol. The Bertz CT molecular complexity index is 307. The average molecular weight is 191 g/mol. The van der Waals surface area contributed by atoms with E-state index in [9.17, 15) is 0 Å². The molecule has 0 aliphatic rings. The fourth-order valence-corrected chi connectivity index (χ4v) is 1.18. The molecule has 0 fully saturated rings. The number of hydrogen-bond donors (Lipinski definition) is 1. The molecule has 0 spiro atoms. The maximum Gasteiger partial charge on any atom is 0.148 e. The number of hydrogen-bond acceptors (Lipinski definition) is 3. The quantitative estimate of drug-likeness (QED) is 0.777. The fourth-order valence-electron chi connectivity index (χ4n) is 1.18. The highest BCUT2D eigenvalue weighted by atomic mass is 15.0. The molecule has 0 unspecified atom stereocenters. The van der Waals surface area contributed by atoms with Crippen molar-refractivity contribution in [2.75, 3.05) is 5.32 Å². The summed E-state index contributed by atoms with van der Waals surface area (Å²) < 4.78 is 0. The van der Waals surface area contributed by atoms with Gasteiger partial charge in [-0.05, 0) is 12.8 Å². The van der Waals surface area contributed by atoms with Crippen molar-refractivity contribution in [2.24, 2.45) is 0 Å². The SMILES string of the molecule is C=C(CCC)Nc1cncc(CC)n1. The Morgan fingerprint density at radius 2 is 2.21 bits per heavy atom. The van der Waals surface area contributed by atoms with Crippen LogP contribution in [0.3, 0.4) is 0 Å². The van der Waals surface area contributed by atoms with E-state index in [1.165, 1.54) is 0 Å². The number of aromatic nitrogens is 2. The molecule has 0 amide bonds. The Balaban J connectivity index is 2.62. The molecule has 3 nitrogen and oxygen atoms in total. The maximum atomic E-state index is 4.38. The van der Waals surface area contributed by atoms with E-state index in [1.807, 2.05) is 0 Å². The molecule has 76 valence electrons. The van der Waals surface area contributed by atoms with Crippen molar-refractivity contribution in [3.8, 4) is 0 Å². The highest BCUT2D eigenvalue weighted by molar-refractivity contribution is 5.38. The van der Waals surface area contributed by atoms with Gasteiger partial charge < -0.3 is 5.32 Å². The van der Waals surface area contributed by atoms with Crippen molar-refractivity contribution in [1.29, 1.82) is 0 Å². The summed E-state index contributed by atoms with van der Waals surface area (Å²) in [4.78, 5) is 8.48. The van der Waals surface area contributed by atoms with Gasteiger partial charge in [-0.15, -0.1) is 0 Å². The molecular weight excluding hydrogens is 174 g/mol. The normalized spacial score (nSPS) is 9.86. The van der Waals surface area contributed by atoms with Crippen molar-refractivity contribution < 1.29 is 0 Å². The zero-order valence-electron chi connectivity index (χ0n) is 8.88. The standard InChI is InChI=1S/C11H17N3/c1-4-6-9(3)13-11-8-12-7-10(5-2)14-11/h7-8H,3-6H2,1-2H3,(H,13,14). The van der Waals surface area contributed by atoms with Gasteiger partial charge >= 0.3 is 0 Å². The number of nitrogens with zero attached hydrogens (tertiary/aromatic N) is 2. The Hall–Kier alpha value is -1.38. The number of nitrogens with one attached hydrogen (secondary N) is 1. The van der Waals surface area contributed by atoms with Crippen LogP contribution >= 0.6 is 0 Å². The van der Waals surface area contributed by atoms with Gasteiger partial charge in [0.05, 0.1) is 11.9 Å². The molecule has 1 aromatic rings. The van der Waals surface area contributed by atoms with E-state index < -0.39 is 0 Å². The first-order valence-corrected chi connectivity index (χ1v) is 5.02. The van der Waals surface area contributed by atoms with Crippen LogP contribution in [0.4, 0.5) is 5.82 Å². The molecule has 0 radical (unpaired) electrons. The molecule has 0 bridgehead atoms. The van der Waals surface area contributed by atoms with Crippen LogP contribution in [0, 0.1) is 0 Å². The number of anilines is 1. The third kappa shape index (κ3) is 3.17. The molecule has 3 heteroatoms. The molecule has 0 saturated carbocycles. The average Bonchev–Trinajstić information content (AvgIpc) is 2.18. The smallest absolute Gasteiger partial charge is 0.148 e. The van der Waals surface area contributed by atoms with Crippen LogP contribution in [0.15, 0.2) is 24.7 Å². The molecular formula is C11H17N3. The van der Waals surface area contributed by atoms with E-state index in [1.54, 1.807) is 12.4 Å². The van der Waals surface area contributed by atoms with Gasteiger partial charge in [0.15, 0.2) is 0 Å². The first-order chi connectivity index (χ1) is 6.76. The minimum absolute atomic E-state index is 0.794. The molecule has 0 aliphatic heterocycles. The summed E-state index contributed by atoms with van der Waals surface area (Å²) in [7, 11) is 0. The van der Waals surface area contributed by atoms with Crippen molar-refractivity contribution in [3.63, 3.8) is 0 Å².